The maximum atomic E-state index is 13.1. The Morgan fingerprint density at radius 1 is 1.13 bits per heavy atom. The number of Topliss-reactive ketones (excluding diaryl/α,β-unsaturated/α-hetero) is 1. The van der Waals surface area contributed by atoms with Crippen molar-refractivity contribution in [1.82, 2.24) is 0 Å². The maximum Gasteiger partial charge on any atom is 0.300 e. The first-order valence-electron chi connectivity index (χ1n) is 9.84. The Balaban J connectivity index is 1.86. The third-order valence-electron chi connectivity index (χ3n) is 4.92. The van der Waals surface area contributed by atoms with E-state index in [0.29, 0.717) is 34.4 Å². The van der Waals surface area contributed by atoms with Crippen LogP contribution in [-0.2, 0) is 9.59 Å². The van der Waals surface area contributed by atoms with Crippen molar-refractivity contribution in [3.8, 4) is 5.75 Å². The first kappa shape index (κ1) is 20.8. The molecule has 0 spiro atoms. The highest BCUT2D eigenvalue weighted by Crippen LogP contribution is 2.43. The molecule has 0 saturated carbocycles. The highest BCUT2D eigenvalue weighted by Gasteiger charge is 2.48. The average Bonchev–Trinajstić information content (AvgIpc) is 3.39. The van der Waals surface area contributed by atoms with E-state index in [4.69, 9.17) is 20.8 Å². The first-order chi connectivity index (χ1) is 15.0. The van der Waals surface area contributed by atoms with Crippen molar-refractivity contribution in [3.63, 3.8) is 0 Å². The van der Waals surface area contributed by atoms with Gasteiger partial charge in [0, 0.05) is 22.3 Å². The van der Waals surface area contributed by atoms with Crippen LogP contribution in [0.4, 0.5) is 5.69 Å². The van der Waals surface area contributed by atoms with Gasteiger partial charge in [-0.15, -0.1) is 0 Å². The molecular formula is C24H20ClNO5. The minimum atomic E-state index is -0.935. The second-order valence-corrected chi connectivity index (χ2v) is 7.48. The molecule has 31 heavy (non-hydrogen) atoms. The zero-order valence-corrected chi connectivity index (χ0v) is 17.5. The lowest BCUT2D eigenvalue weighted by molar-refractivity contribution is -0.132. The molecule has 0 radical (unpaired) electrons. The molecule has 1 atom stereocenters. The van der Waals surface area contributed by atoms with E-state index in [2.05, 4.69) is 0 Å². The molecule has 4 rings (SSSR count). The van der Waals surface area contributed by atoms with Crippen LogP contribution in [0.1, 0.15) is 30.7 Å². The van der Waals surface area contributed by atoms with E-state index in [-0.39, 0.29) is 11.3 Å². The van der Waals surface area contributed by atoms with Gasteiger partial charge in [-0.05, 0) is 42.8 Å². The molecule has 6 nitrogen and oxygen atoms in total. The van der Waals surface area contributed by atoms with Gasteiger partial charge in [-0.25, -0.2) is 0 Å². The molecule has 0 bridgehead atoms. The molecule has 2 aromatic carbocycles. The summed E-state index contributed by atoms with van der Waals surface area (Å²) in [6, 6.07) is 15.8. The van der Waals surface area contributed by atoms with Crippen LogP contribution in [0.2, 0.25) is 5.02 Å². The van der Waals surface area contributed by atoms with Crippen LogP contribution in [0.3, 0.4) is 0 Å². The number of halogens is 1. The summed E-state index contributed by atoms with van der Waals surface area (Å²) >= 11 is 6.05. The molecule has 1 aromatic heterocycles. The van der Waals surface area contributed by atoms with Crippen LogP contribution in [-0.4, -0.2) is 23.4 Å². The number of hydrogen-bond donors (Lipinski definition) is 1. The van der Waals surface area contributed by atoms with Crippen molar-refractivity contribution >= 4 is 34.7 Å². The van der Waals surface area contributed by atoms with E-state index in [1.54, 1.807) is 54.6 Å². The van der Waals surface area contributed by atoms with Gasteiger partial charge < -0.3 is 14.3 Å². The van der Waals surface area contributed by atoms with Crippen molar-refractivity contribution in [2.75, 3.05) is 11.5 Å². The van der Waals surface area contributed by atoms with Gasteiger partial charge in [0.2, 0.25) is 0 Å². The van der Waals surface area contributed by atoms with E-state index in [9.17, 15) is 14.7 Å². The molecule has 1 fully saturated rings. The van der Waals surface area contributed by atoms with Crippen molar-refractivity contribution in [2.45, 2.75) is 19.4 Å². The summed E-state index contributed by atoms with van der Waals surface area (Å²) in [5, 5.41) is 11.4. The first-order valence-corrected chi connectivity index (χ1v) is 10.2. The second kappa shape index (κ2) is 8.70. The molecule has 158 valence electrons. The minimum absolute atomic E-state index is 0.0675. The van der Waals surface area contributed by atoms with Gasteiger partial charge in [-0.2, -0.15) is 0 Å². The van der Waals surface area contributed by atoms with E-state index >= 15 is 0 Å². The number of aliphatic hydroxyl groups excluding tert-OH is 1. The molecule has 1 amide bonds. The Hall–Kier alpha value is -3.51. The SMILES string of the molecule is CCCOc1cccc(N2C(=O)C(=O)/C(=C(\O)c3cccc(Cl)c3)C2c2ccco2)c1. The lowest BCUT2D eigenvalue weighted by Gasteiger charge is -2.23. The third kappa shape index (κ3) is 3.94. The molecule has 1 unspecified atom stereocenters. The molecule has 0 aliphatic carbocycles. The third-order valence-corrected chi connectivity index (χ3v) is 5.16. The number of ketones is 1. The van der Waals surface area contributed by atoms with Gasteiger partial charge >= 0.3 is 0 Å². The van der Waals surface area contributed by atoms with E-state index in [1.165, 1.54) is 17.2 Å². The van der Waals surface area contributed by atoms with Crippen molar-refractivity contribution in [3.05, 3.63) is 88.8 Å². The number of rotatable bonds is 6. The normalized spacial score (nSPS) is 17.9. The molecule has 1 saturated heterocycles. The van der Waals surface area contributed by atoms with Crippen LogP contribution in [0.15, 0.2) is 76.9 Å². The fourth-order valence-corrected chi connectivity index (χ4v) is 3.74. The fourth-order valence-electron chi connectivity index (χ4n) is 3.55. The van der Waals surface area contributed by atoms with Crippen LogP contribution >= 0.6 is 11.6 Å². The quantitative estimate of drug-likeness (QED) is 0.319. The van der Waals surface area contributed by atoms with Crippen LogP contribution < -0.4 is 9.64 Å². The number of amides is 1. The summed E-state index contributed by atoms with van der Waals surface area (Å²) in [7, 11) is 0. The average molecular weight is 438 g/mol. The van der Waals surface area contributed by atoms with Gasteiger partial charge in [0.1, 0.15) is 23.3 Å². The van der Waals surface area contributed by atoms with Gasteiger partial charge in [-0.1, -0.05) is 36.7 Å². The Morgan fingerprint density at radius 3 is 2.65 bits per heavy atom. The summed E-state index contributed by atoms with van der Waals surface area (Å²) in [4.78, 5) is 27.4. The van der Waals surface area contributed by atoms with Gasteiger partial charge in [0.15, 0.2) is 0 Å². The zero-order chi connectivity index (χ0) is 22.0. The molecule has 2 heterocycles. The Kier molecular flexibility index (Phi) is 5.82. The molecule has 1 aliphatic heterocycles. The highest BCUT2D eigenvalue weighted by atomic mass is 35.5. The molecule has 1 aliphatic rings. The van der Waals surface area contributed by atoms with Crippen molar-refractivity contribution in [1.29, 1.82) is 0 Å². The topological polar surface area (TPSA) is 80.0 Å². The Bertz CT molecular complexity index is 1150. The number of benzene rings is 2. The predicted molar refractivity (Wildman–Crippen MR) is 117 cm³/mol. The fraction of sp³-hybridized carbons (Fsp3) is 0.167. The van der Waals surface area contributed by atoms with Crippen molar-refractivity contribution < 1.29 is 23.8 Å². The van der Waals surface area contributed by atoms with E-state index in [0.717, 1.165) is 6.42 Å². The number of anilines is 1. The molecule has 1 N–H and O–H groups in total. The summed E-state index contributed by atoms with van der Waals surface area (Å²) in [6.45, 7) is 2.52. The second-order valence-electron chi connectivity index (χ2n) is 7.04. The lowest BCUT2D eigenvalue weighted by Crippen LogP contribution is -2.29. The number of aliphatic hydroxyl groups is 1. The van der Waals surface area contributed by atoms with Crippen molar-refractivity contribution in [2.24, 2.45) is 0 Å². The number of ether oxygens (including phenoxy) is 1. The predicted octanol–water partition coefficient (Wildman–Crippen LogP) is 5.35. The maximum absolute atomic E-state index is 13.1. The summed E-state index contributed by atoms with van der Waals surface area (Å²) in [6.07, 6.45) is 2.29. The smallest absolute Gasteiger partial charge is 0.300 e. The number of carbonyl (C=O) groups is 2. The van der Waals surface area contributed by atoms with E-state index < -0.39 is 17.7 Å². The van der Waals surface area contributed by atoms with Crippen LogP contribution in [0, 0.1) is 0 Å². The Morgan fingerprint density at radius 2 is 1.94 bits per heavy atom. The van der Waals surface area contributed by atoms with Gasteiger partial charge in [-0.3, -0.25) is 14.5 Å². The summed E-state index contributed by atoms with van der Waals surface area (Å²) < 4.78 is 11.2. The van der Waals surface area contributed by atoms with E-state index in [1.807, 2.05) is 6.92 Å². The zero-order valence-electron chi connectivity index (χ0n) is 16.7. The van der Waals surface area contributed by atoms with Crippen LogP contribution in [0.25, 0.3) is 5.76 Å². The Labute approximate surface area is 184 Å². The number of carbonyl (C=O) groups excluding carboxylic acids is 2. The number of nitrogens with zero attached hydrogens (tertiary/aromatic N) is 1. The minimum Gasteiger partial charge on any atom is -0.507 e. The molecule has 3 aromatic rings. The van der Waals surface area contributed by atoms with Gasteiger partial charge in [0.25, 0.3) is 11.7 Å². The largest absolute Gasteiger partial charge is 0.507 e. The number of hydrogen-bond acceptors (Lipinski definition) is 5. The summed E-state index contributed by atoms with van der Waals surface area (Å²) in [5.74, 6) is -0.962. The standard InChI is InChI=1S/C24H20ClNO5/c1-2-11-30-18-9-4-8-17(14-18)26-21(19-10-5-12-31-19)20(23(28)24(26)29)22(27)15-6-3-7-16(25)13-15/h3-10,12-14,21,27H,2,11H2,1H3/b22-20-. The highest BCUT2D eigenvalue weighted by molar-refractivity contribution is 6.51. The summed E-state index contributed by atoms with van der Waals surface area (Å²) in [5.41, 5.74) is 0.728. The molecule has 7 heteroatoms. The molecular weight excluding hydrogens is 418 g/mol. The monoisotopic (exact) mass is 437 g/mol. The number of furan rings is 1. The van der Waals surface area contributed by atoms with Gasteiger partial charge in [0.05, 0.1) is 18.4 Å². The lowest BCUT2D eigenvalue weighted by atomic mass is 9.99. The van der Waals surface area contributed by atoms with Crippen LogP contribution in [0.5, 0.6) is 5.75 Å².